The summed E-state index contributed by atoms with van der Waals surface area (Å²) >= 11 is 0. The molecule has 3 nitrogen and oxygen atoms in total. The van der Waals surface area contributed by atoms with Crippen molar-refractivity contribution in [1.82, 2.24) is 10.6 Å². The predicted octanol–water partition coefficient (Wildman–Crippen LogP) is 3.29. The van der Waals surface area contributed by atoms with E-state index in [4.69, 9.17) is 0 Å². The second-order valence-corrected chi connectivity index (χ2v) is 5.07. The molecule has 0 aliphatic heterocycles. The van der Waals surface area contributed by atoms with E-state index in [0.29, 0.717) is 12.0 Å². The van der Waals surface area contributed by atoms with Gasteiger partial charge in [-0.2, -0.15) is 0 Å². The summed E-state index contributed by atoms with van der Waals surface area (Å²) in [7, 11) is 1.80. The SMILES string of the molecule is CN=C(NCC(C)c1cccc(C)c1)NC(C)C.I. The third-order valence-corrected chi connectivity index (χ3v) is 2.84. The topological polar surface area (TPSA) is 36.4 Å². The standard InChI is InChI=1S/C15H25N3.HI/c1-11(2)18-15(16-5)17-10-13(4)14-8-6-7-12(3)9-14;/h6-9,11,13H,10H2,1-5H3,(H2,16,17,18);1H. The number of nitrogens with one attached hydrogen (secondary N) is 2. The van der Waals surface area contributed by atoms with Gasteiger partial charge in [0.05, 0.1) is 0 Å². The summed E-state index contributed by atoms with van der Waals surface area (Å²) in [5.74, 6) is 1.33. The molecule has 0 fully saturated rings. The van der Waals surface area contributed by atoms with Crippen LogP contribution in [0.5, 0.6) is 0 Å². The van der Waals surface area contributed by atoms with Crippen molar-refractivity contribution >= 4 is 29.9 Å². The first-order chi connectivity index (χ1) is 8.52. The lowest BCUT2D eigenvalue weighted by Gasteiger charge is -2.18. The van der Waals surface area contributed by atoms with E-state index in [2.05, 4.69) is 67.6 Å². The minimum Gasteiger partial charge on any atom is -0.356 e. The Morgan fingerprint density at radius 2 is 1.95 bits per heavy atom. The lowest BCUT2D eigenvalue weighted by molar-refractivity contribution is 0.666. The highest BCUT2D eigenvalue weighted by molar-refractivity contribution is 14.0. The van der Waals surface area contributed by atoms with Crippen LogP contribution in [0.3, 0.4) is 0 Å². The number of rotatable bonds is 4. The summed E-state index contributed by atoms with van der Waals surface area (Å²) in [6.45, 7) is 9.46. The molecule has 0 aliphatic rings. The first-order valence-electron chi connectivity index (χ1n) is 6.56. The number of halogens is 1. The van der Waals surface area contributed by atoms with Crippen LogP contribution in [0, 0.1) is 6.92 Å². The van der Waals surface area contributed by atoms with E-state index in [9.17, 15) is 0 Å². The molecule has 0 saturated carbocycles. The summed E-state index contributed by atoms with van der Waals surface area (Å²) in [4.78, 5) is 4.21. The monoisotopic (exact) mass is 375 g/mol. The second kappa shape index (κ2) is 9.18. The zero-order valence-corrected chi connectivity index (χ0v) is 14.9. The molecule has 2 N–H and O–H groups in total. The highest BCUT2D eigenvalue weighted by Crippen LogP contribution is 2.15. The second-order valence-electron chi connectivity index (χ2n) is 5.07. The molecular weight excluding hydrogens is 349 g/mol. The van der Waals surface area contributed by atoms with E-state index in [-0.39, 0.29) is 24.0 Å². The van der Waals surface area contributed by atoms with Gasteiger partial charge in [-0.3, -0.25) is 4.99 Å². The fraction of sp³-hybridized carbons (Fsp3) is 0.533. The van der Waals surface area contributed by atoms with Gasteiger partial charge in [-0.15, -0.1) is 24.0 Å². The quantitative estimate of drug-likeness (QED) is 0.481. The molecular formula is C15H26IN3. The van der Waals surface area contributed by atoms with Crippen molar-refractivity contribution in [1.29, 1.82) is 0 Å². The maximum atomic E-state index is 4.21. The molecule has 0 radical (unpaired) electrons. The summed E-state index contributed by atoms with van der Waals surface area (Å²) in [6.07, 6.45) is 0. The van der Waals surface area contributed by atoms with Gasteiger partial charge in [0.2, 0.25) is 0 Å². The summed E-state index contributed by atoms with van der Waals surface area (Å²) < 4.78 is 0. The third-order valence-electron chi connectivity index (χ3n) is 2.84. The maximum Gasteiger partial charge on any atom is 0.191 e. The number of aryl methyl sites for hydroxylation is 1. The van der Waals surface area contributed by atoms with E-state index in [1.807, 2.05) is 0 Å². The number of hydrogen-bond donors (Lipinski definition) is 2. The molecule has 108 valence electrons. The molecule has 0 heterocycles. The minimum absolute atomic E-state index is 0. The average molecular weight is 375 g/mol. The number of hydrogen-bond acceptors (Lipinski definition) is 1. The highest BCUT2D eigenvalue weighted by Gasteiger charge is 2.07. The van der Waals surface area contributed by atoms with Crippen molar-refractivity contribution in [2.24, 2.45) is 4.99 Å². The van der Waals surface area contributed by atoms with Crippen LogP contribution in [0.4, 0.5) is 0 Å². The molecule has 1 aromatic carbocycles. The Balaban J connectivity index is 0.00000324. The van der Waals surface area contributed by atoms with Gasteiger partial charge in [-0.1, -0.05) is 36.8 Å². The van der Waals surface area contributed by atoms with Crippen LogP contribution in [0.2, 0.25) is 0 Å². The summed E-state index contributed by atoms with van der Waals surface area (Å²) in [5, 5.41) is 6.64. The molecule has 1 rings (SSSR count). The van der Waals surface area contributed by atoms with Crippen LogP contribution in [0.1, 0.15) is 37.8 Å². The number of nitrogens with zero attached hydrogens (tertiary/aromatic N) is 1. The fourth-order valence-electron chi connectivity index (χ4n) is 1.81. The Morgan fingerprint density at radius 3 is 2.47 bits per heavy atom. The van der Waals surface area contributed by atoms with Gasteiger partial charge in [-0.25, -0.2) is 0 Å². The Bertz CT molecular complexity index is 402. The van der Waals surface area contributed by atoms with Crippen LogP contribution in [0.15, 0.2) is 29.3 Å². The Kier molecular flexibility index (Phi) is 8.80. The molecule has 4 heteroatoms. The van der Waals surface area contributed by atoms with E-state index < -0.39 is 0 Å². The van der Waals surface area contributed by atoms with Gasteiger partial charge < -0.3 is 10.6 Å². The maximum absolute atomic E-state index is 4.21. The summed E-state index contributed by atoms with van der Waals surface area (Å²) in [5.41, 5.74) is 2.67. The van der Waals surface area contributed by atoms with Gasteiger partial charge in [0.25, 0.3) is 0 Å². The molecule has 0 saturated heterocycles. The van der Waals surface area contributed by atoms with Crippen molar-refractivity contribution in [3.63, 3.8) is 0 Å². The first-order valence-corrected chi connectivity index (χ1v) is 6.56. The predicted molar refractivity (Wildman–Crippen MR) is 94.6 cm³/mol. The highest BCUT2D eigenvalue weighted by atomic mass is 127. The minimum atomic E-state index is 0. The smallest absolute Gasteiger partial charge is 0.191 e. The van der Waals surface area contributed by atoms with Crippen molar-refractivity contribution in [2.45, 2.75) is 39.7 Å². The van der Waals surface area contributed by atoms with Gasteiger partial charge in [-0.05, 0) is 32.3 Å². The van der Waals surface area contributed by atoms with Crippen LogP contribution in [-0.4, -0.2) is 25.6 Å². The van der Waals surface area contributed by atoms with Crippen molar-refractivity contribution < 1.29 is 0 Å². The molecule has 1 unspecified atom stereocenters. The Morgan fingerprint density at radius 1 is 1.26 bits per heavy atom. The molecule has 0 amide bonds. The van der Waals surface area contributed by atoms with Gasteiger partial charge in [0.15, 0.2) is 5.96 Å². The van der Waals surface area contributed by atoms with Crippen molar-refractivity contribution in [3.05, 3.63) is 35.4 Å². The summed E-state index contributed by atoms with van der Waals surface area (Å²) in [6, 6.07) is 9.05. The normalized spacial score (nSPS) is 12.8. The number of guanidine groups is 1. The van der Waals surface area contributed by atoms with E-state index in [0.717, 1.165) is 12.5 Å². The Labute approximate surface area is 134 Å². The van der Waals surface area contributed by atoms with E-state index >= 15 is 0 Å². The molecule has 1 aromatic rings. The van der Waals surface area contributed by atoms with E-state index in [1.54, 1.807) is 7.05 Å². The largest absolute Gasteiger partial charge is 0.356 e. The van der Waals surface area contributed by atoms with E-state index in [1.165, 1.54) is 11.1 Å². The lowest BCUT2D eigenvalue weighted by atomic mass is 9.99. The van der Waals surface area contributed by atoms with Crippen LogP contribution >= 0.6 is 24.0 Å². The molecule has 0 aliphatic carbocycles. The number of benzene rings is 1. The molecule has 1 atom stereocenters. The van der Waals surface area contributed by atoms with Crippen LogP contribution in [-0.2, 0) is 0 Å². The molecule has 0 aromatic heterocycles. The fourth-order valence-corrected chi connectivity index (χ4v) is 1.81. The number of aliphatic imine (C=N–C) groups is 1. The average Bonchev–Trinajstić information content (AvgIpc) is 2.33. The van der Waals surface area contributed by atoms with Crippen molar-refractivity contribution in [3.8, 4) is 0 Å². The molecule has 0 spiro atoms. The first kappa shape index (κ1) is 18.2. The third kappa shape index (κ3) is 6.80. The molecule has 0 bridgehead atoms. The van der Waals surface area contributed by atoms with Crippen molar-refractivity contribution in [2.75, 3.05) is 13.6 Å². The lowest BCUT2D eigenvalue weighted by Crippen LogP contribution is -2.42. The van der Waals surface area contributed by atoms with Crippen LogP contribution < -0.4 is 10.6 Å². The van der Waals surface area contributed by atoms with Gasteiger partial charge in [0, 0.05) is 19.6 Å². The van der Waals surface area contributed by atoms with Crippen LogP contribution in [0.25, 0.3) is 0 Å². The molecule has 19 heavy (non-hydrogen) atoms. The zero-order chi connectivity index (χ0) is 13.5. The van der Waals surface area contributed by atoms with Gasteiger partial charge in [0.1, 0.15) is 0 Å². The van der Waals surface area contributed by atoms with Gasteiger partial charge >= 0.3 is 0 Å². The zero-order valence-electron chi connectivity index (χ0n) is 12.5. The Hall–Kier alpha value is -0.780.